The maximum Gasteiger partial charge on any atom is 0.274 e. The van der Waals surface area contributed by atoms with Crippen LogP contribution < -0.4 is 4.74 Å². The number of nitrogens with zero attached hydrogens (tertiary/aromatic N) is 3. The van der Waals surface area contributed by atoms with E-state index >= 15 is 0 Å². The van der Waals surface area contributed by atoms with E-state index in [0.717, 1.165) is 12.8 Å². The second-order valence-corrected chi connectivity index (χ2v) is 7.99. The zero-order chi connectivity index (χ0) is 20.5. The molecule has 0 spiro atoms. The number of halogens is 2. The van der Waals surface area contributed by atoms with E-state index in [1.807, 2.05) is 11.8 Å². The maximum atomic E-state index is 13.3. The van der Waals surface area contributed by atoms with Crippen LogP contribution in [0.5, 0.6) is 5.75 Å². The molecule has 0 saturated carbocycles. The minimum absolute atomic E-state index is 0.0248. The van der Waals surface area contributed by atoms with Crippen LogP contribution in [-0.4, -0.2) is 45.6 Å². The van der Waals surface area contributed by atoms with Gasteiger partial charge in [-0.15, -0.1) is 0 Å². The minimum Gasteiger partial charge on any atom is -0.496 e. The molecule has 0 bridgehead atoms. The quantitative estimate of drug-likeness (QED) is 0.637. The highest BCUT2D eigenvalue weighted by Crippen LogP contribution is 2.33. The number of aromatic nitrogens is 3. The molecule has 152 valence electrons. The number of carbonyl (C=O) groups is 1. The Hall–Kier alpha value is -2.51. The van der Waals surface area contributed by atoms with Gasteiger partial charge in [0.15, 0.2) is 5.82 Å². The molecule has 3 aromatic rings. The summed E-state index contributed by atoms with van der Waals surface area (Å²) in [7, 11) is 1.54. The number of likely N-dealkylation sites (tertiary alicyclic amines) is 1. The molecule has 2 unspecified atom stereocenters. The van der Waals surface area contributed by atoms with E-state index in [1.165, 1.54) is 7.11 Å². The van der Waals surface area contributed by atoms with E-state index in [9.17, 15) is 4.79 Å². The molecule has 1 aliphatic rings. The number of hydrogen-bond acceptors (Lipinski definition) is 5. The van der Waals surface area contributed by atoms with Crippen LogP contribution in [0.4, 0.5) is 0 Å². The fourth-order valence-corrected chi connectivity index (χ4v) is 3.94. The summed E-state index contributed by atoms with van der Waals surface area (Å²) in [5.41, 5.74) is 1.11. The summed E-state index contributed by atoms with van der Waals surface area (Å²) in [6.07, 6.45) is 3.35. The first kappa shape index (κ1) is 19.8. The Morgan fingerprint density at radius 2 is 2.10 bits per heavy atom. The average molecular weight is 435 g/mol. The Bertz CT molecular complexity index is 1030. The molecule has 2 atom stereocenters. The second kappa shape index (κ2) is 8.08. The summed E-state index contributed by atoms with van der Waals surface area (Å²) in [4.78, 5) is 22.6. The van der Waals surface area contributed by atoms with Gasteiger partial charge in [-0.25, -0.2) is 0 Å². The molecule has 1 saturated heterocycles. The molecule has 1 N–H and O–H groups in total. The Labute approximate surface area is 177 Å². The number of H-pyrrole nitrogens is 1. The molecule has 0 aliphatic carbocycles. The largest absolute Gasteiger partial charge is 0.496 e. The van der Waals surface area contributed by atoms with Gasteiger partial charge in [-0.05, 0) is 44.0 Å². The van der Waals surface area contributed by atoms with Crippen molar-refractivity contribution in [1.82, 2.24) is 20.0 Å². The van der Waals surface area contributed by atoms with Gasteiger partial charge in [-0.2, -0.15) is 4.98 Å². The van der Waals surface area contributed by atoms with E-state index in [0.29, 0.717) is 45.3 Å². The van der Waals surface area contributed by atoms with E-state index in [2.05, 4.69) is 15.1 Å². The summed E-state index contributed by atoms with van der Waals surface area (Å²) in [6.45, 7) is 2.52. The second-order valence-electron chi connectivity index (χ2n) is 7.11. The predicted molar refractivity (Wildman–Crippen MR) is 110 cm³/mol. The van der Waals surface area contributed by atoms with Gasteiger partial charge >= 0.3 is 0 Å². The number of piperidine rings is 1. The molecular formula is C20H20Cl2N4O3. The van der Waals surface area contributed by atoms with Crippen molar-refractivity contribution in [3.8, 4) is 17.3 Å². The smallest absolute Gasteiger partial charge is 0.274 e. The Morgan fingerprint density at radius 3 is 2.83 bits per heavy atom. The first-order valence-electron chi connectivity index (χ1n) is 9.28. The number of ether oxygens (including phenoxy) is 1. The molecule has 9 heteroatoms. The maximum absolute atomic E-state index is 13.3. The summed E-state index contributed by atoms with van der Waals surface area (Å²) < 4.78 is 10.7. The zero-order valence-electron chi connectivity index (χ0n) is 16.0. The van der Waals surface area contributed by atoms with Crippen molar-refractivity contribution in [1.29, 1.82) is 0 Å². The van der Waals surface area contributed by atoms with E-state index < -0.39 is 0 Å². The number of nitrogens with one attached hydrogen (secondary N) is 1. The summed E-state index contributed by atoms with van der Waals surface area (Å²) in [5.74, 6) is 1.30. The van der Waals surface area contributed by atoms with Crippen LogP contribution in [0, 0.1) is 0 Å². The Morgan fingerprint density at radius 1 is 1.28 bits per heavy atom. The fraction of sp³-hybridized carbons (Fsp3) is 0.350. The molecule has 2 aromatic heterocycles. The van der Waals surface area contributed by atoms with E-state index in [1.54, 1.807) is 30.5 Å². The van der Waals surface area contributed by atoms with Gasteiger partial charge in [0, 0.05) is 29.7 Å². The van der Waals surface area contributed by atoms with Gasteiger partial charge in [-0.3, -0.25) is 4.79 Å². The zero-order valence-corrected chi connectivity index (χ0v) is 17.5. The van der Waals surface area contributed by atoms with Crippen LogP contribution in [0.1, 0.15) is 41.9 Å². The molecule has 4 rings (SSSR count). The molecule has 0 radical (unpaired) electrons. The van der Waals surface area contributed by atoms with Gasteiger partial charge in [0.05, 0.1) is 17.7 Å². The lowest BCUT2D eigenvalue weighted by Gasteiger charge is -2.37. The van der Waals surface area contributed by atoms with Gasteiger partial charge in [0.1, 0.15) is 11.4 Å². The van der Waals surface area contributed by atoms with Crippen LogP contribution in [0.25, 0.3) is 11.6 Å². The van der Waals surface area contributed by atoms with Crippen LogP contribution in [0.15, 0.2) is 35.0 Å². The molecule has 1 aliphatic heterocycles. The number of amides is 1. The normalized spacial score (nSPS) is 19.4. The van der Waals surface area contributed by atoms with Crippen LogP contribution in [-0.2, 0) is 0 Å². The van der Waals surface area contributed by atoms with Gasteiger partial charge in [0.2, 0.25) is 0 Å². The molecular weight excluding hydrogens is 415 g/mol. The molecule has 1 aromatic carbocycles. The van der Waals surface area contributed by atoms with Crippen molar-refractivity contribution in [2.75, 3.05) is 13.7 Å². The highest BCUT2D eigenvalue weighted by Gasteiger charge is 2.34. The third-order valence-electron chi connectivity index (χ3n) is 5.22. The van der Waals surface area contributed by atoms with Gasteiger partial charge in [0.25, 0.3) is 11.8 Å². The number of rotatable bonds is 4. The number of aromatic amines is 1. The van der Waals surface area contributed by atoms with Crippen molar-refractivity contribution in [2.24, 2.45) is 0 Å². The third-order valence-corrected chi connectivity index (χ3v) is 5.67. The van der Waals surface area contributed by atoms with Crippen molar-refractivity contribution < 1.29 is 14.1 Å². The number of carbonyl (C=O) groups excluding carboxylic acids is 1. The van der Waals surface area contributed by atoms with Crippen molar-refractivity contribution in [3.63, 3.8) is 0 Å². The van der Waals surface area contributed by atoms with Crippen molar-refractivity contribution in [2.45, 2.75) is 31.7 Å². The highest BCUT2D eigenvalue weighted by atomic mass is 35.5. The number of methoxy groups -OCH3 is 1. The SMILES string of the molecule is COc1ccc(Cl)cc1C(=O)N1CC(c2noc(-c3cc(Cl)c[nH]3)n2)CCC1C. The van der Waals surface area contributed by atoms with Crippen LogP contribution >= 0.6 is 23.2 Å². The lowest BCUT2D eigenvalue weighted by molar-refractivity contribution is 0.0601. The molecule has 3 heterocycles. The lowest BCUT2D eigenvalue weighted by Crippen LogP contribution is -2.45. The van der Waals surface area contributed by atoms with Gasteiger partial charge < -0.3 is 19.1 Å². The summed E-state index contributed by atoms with van der Waals surface area (Å²) in [6, 6.07) is 6.85. The Kier molecular flexibility index (Phi) is 5.52. The first-order valence-corrected chi connectivity index (χ1v) is 10.0. The molecule has 1 amide bonds. The van der Waals surface area contributed by atoms with E-state index in [-0.39, 0.29) is 17.9 Å². The molecule has 29 heavy (non-hydrogen) atoms. The van der Waals surface area contributed by atoms with Crippen molar-refractivity contribution >= 4 is 29.1 Å². The number of hydrogen-bond donors (Lipinski definition) is 1. The Balaban J connectivity index is 1.57. The first-order chi connectivity index (χ1) is 14.0. The standard InChI is InChI=1S/C20H20Cl2N4O3/c1-11-3-4-12(18-24-19(29-25-18)16-8-14(22)9-23-16)10-26(11)20(27)15-7-13(21)5-6-17(15)28-2/h5-9,11-12,23H,3-4,10H2,1-2H3. The molecule has 7 nitrogen and oxygen atoms in total. The van der Waals surface area contributed by atoms with Crippen LogP contribution in [0.2, 0.25) is 10.0 Å². The van der Waals surface area contributed by atoms with Crippen LogP contribution in [0.3, 0.4) is 0 Å². The average Bonchev–Trinajstić information content (AvgIpc) is 3.37. The topological polar surface area (TPSA) is 84.2 Å². The monoisotopic (exact) mass is 434 g/mol. The third kappa shape index (κ3) is 3.97. The minimum atomic E-state index is -0.124. The molecule has 1 fully saturated rings. The highest BCUT2D eigenvalue weighted by molar-refractivity contribution is 6.31. The summed E-state index contributed by atoms with van der Waals surface area (Å²) >= 11 is 12.1. The fourth-order valence-electron chi connectivity index (χ4n) is 3.60. The summed E-state index contributed by atoms with van der Waals surface area (Å²) in [5, 5.41) is 5.19. The number of benzene rings is 1. The van der Waals surface area contributed by atoms with Gasteiger partial charge in [-0.1, -0.05) is 28.4 Å². The van der Waals surface area contributed by atoms with Crippen molar-refractivity contribution in [3.05, 3.63) is 51.9 Å². The van der Waals surface area contributed by atoms with E-state index in [4.69, 9.17) is 32.5 Å². The lowest BCUT2D eigenvalue weighted by atomic mass is 9.92. The predicted octanol–water partition coefficient (Wildman–Crippen LogP) is 4.79.